The largest absolute Gasteiger partial charge is 0.453 e. The van der Waals surface area contributed by atoms with Gasteiger partial charge in [-0.1, -0.05) is 13.8 Å². The summed E-state index contributed by atoms with van der Waals surface area (Å²) in [7, 11) is 1.44. The van der Waals surface area contributed by atoms with Crippen LogP contribution in [0.3, 0.4) is 0 Å². The fourth-order valence-corrected chi connectivity index (χ4v) is 2.22. The number of likely N-dealkylation sites (tertiary alicyclic amines) is 1. The number of nitrogens with one attached hydrogen (secondary N) is 1. The Bertz CT molecular complexity index is 209. The van der Waals surface area contributed by atoms with Gasteiger partial charge in [-0.05, 0) is 25.7 Å². The summed E-state index contributed by atoms with van der Waals surface area (Å²) >= 11 is 0. The van der Waals surface area contributed by atoms with Gasteiger partial charge < -0.3 is 15.0 Å². The van der Waals surface area contributed by atoms with Crippen molar-refractivity contribution in [3.05, 3.63) is 0 Å². The first-order valence-corrected chi connectivity index (χ1v) is 6.30. The van der Waals surface area contributed by atoms with Gasteiger partial charge in [0.25, 0.3) is 0 Å². The lowest BCUT2D eigenvalue weighted by Crippen LogP contribution is -2.47. The number of hydrogen-bond acceptors (Lipinski definition) is 3. The molecule has 0 spiro atoms. The number of carbonyl (C=O) groups excluding carboxylic acids is 1. The molecule has 0 radical (unpaired) electrons. The SMILES string of the molecule is CCC(CC)NC1CCN(C(=O)OC)CC1. The van der Waals surface area contributed by atoms with E-state index in [-0.39, 0.29) is 6.09 Å². The summed E-state index contributed by atoms with van der Waals surface area (Å²) < 4.78 is 4.71. The normalized spacial score (nSPS) is 17.9. The number of hydrogen-bond donors (Lipinski definition) is 1. The maximum Gasteiger partial charge on any atom is 0.409 e. The van der Waals surface area contributed by atoms with Crippen LogP contribution in [-0.2, 0) is 4.74 Å². The summed E-state index contributed by atoms with van der Waals surface area (Å²) in [4.78, 5) is 13.1. The number of methoxy groups -OCH3 is 1. The van der Waals surface area contributed by atoms with Crippen molar-refractivity contribution in [2.45, 2.75) is 51.6 Å². The Balaban J connectivity index is 2.29. The van der Waals surface area contributed by atoms with Gasteiger partial charge in [0.1, 0.15) is 0 Å². The molecule has 1 amide bonds. The van der Waals surface area contributed by atoms with Gasteiger partial charge in [0.05, 0.1) is 7.11 Å². The average molecular weight is 228 g/mol. The van der Waals surface area contributed by atoms with Gasteiger partial charge in [0, 0.05) is 25.2 Å². The molecule has 0 aromatic carbocycles. The van der Waals surface area contributed by atoms with Crippen LogP contribution in [0.25, 0.3) is 0 Å². The van der Waals surface area contributed by atoms with Crippen molar-refractivity contribution in [3.8, 4) is 0 Å². The molecule has 1 saturated heterocycles. The summed E-state index contributed by atoms with van der Waals surface area (Å²) in [6.45, 7) is 6.05. The Morgan fingerprint density at radius 1 is 1.38 bits per heavy atom. The predicted octanol–water partition coefficient (Wildman–Crippen LogP) is 2.00. The minimum absolute atomic E-state index is 0.194. The molecule has 0 atom stereocenters. The Hall–Kier alpha value is -0.770. The maximum atomic E-state index is 11.3. The van der Waals surface area contributed by atoms with Crippen LogP contribution in [0.15, 0.2) is 0 Å². The third-order valence-corrected chi connectivity index (χ3v) is 3.38. The van der Waals surface area contributed by atoms with E-state index in [1.54, 1.807) is 4.90 Å². The molecule has 1 heterocycles. The fourth-order valence-electron chi connectivity index (χ4n) is 2.22. The number of rotatable bonds is 4. The summed E-state index contributed by atoms with van der Waals surface area (Å²) in [5.74, 6) is 0. The lowest BCUT2D eigenvalue weighted by Gasteiger charge is -2.33. The van der Waals surface area contributed by atoms with Crippen LogP contribution < -0.4 is 5.32 Å². The molecule has 0 saturated carbocycles. The van der Waals surface area contributed by atoms with E-state index in [0.29, 0.717) is 12.1 Å². The molecule has 0 aliphatic carbocycles. The van der Waals surface area contributed by atoms with E-state index in [4.69, 9.17) is 4.74 Å². The lowest BCUT2D eigenvalue weighted by molar-refractivity contribution is 0.108. The van der Waals surface area contributed by atoms with Gasteiger partial charge in [0.15, 0.2) is 0 Å². The molecule has 16 heavy (non-hydrogen) atoms. The molecule has 0 aromatic heterocycles. The van der Waals surface area contributed by atoms with Crippen molar-refractivity contribution in [1.29, 1.82) is 0 Å². The van der Waals surface area contributed by atoms with E-state index in [9.17, 15) is 4.79 Å². The smallest absolute Gasteiger partial charge is 0.409 e. The van der Waals surface area contributed by atoms with Crippen LogP contribution >= 0.6 is 0 Å². The molecule has 0 unspecified atom stereocenters. The third-order valence-electron chi connectivity index (χ3n) is 3.38. The second-order valence-corrected chi connectivity index (χ2v) is 4.41. The molecule has 4 heteroatoms. The van der Waals surface area contributed by atoms with E-state index >= 15 is 0 Å². The van der Waals surface area contributed by atoms with Crippen molar-refractivity contribution in [2.75, 3.05) is 20.2 Å². The van der Waals surface area contributed by atoms with Crippen LogP contribution in [-0.4, -0.2) is 43.3 Å². The zero-order valence-corrected chi connectivity index (χ0v) is 10.7. The van der Waals surface area contributed by atoms with Crippen molar-refractivity contribution in [2.24, 2.45) is 0 Å². The number of piperidine rings is 1. The molecule has 0 bridgehead atoms. The third kappa shape index (κ3) is 3.67. The van der Waals surface area contributed by atoms with Crippen molar-refractivity contribution >= 4 is 6.09 Å². The molecule has 1 fully saturated rings. The van der Waals surface area contributed by atoms with E-state index in [0.717, 1.165) is 25.9 Å². The number of carbonyl (C=O) groups is 1. The minimum atomic E-state index is -0.194. The summed E-state index contributed by atoms with van der Waals surface area (Å²) in [5, 5.41) is 3.65. The van der Waals surface area contributed by atoms with E-state index < -0.39 is 0 Å². The van der Waals surface area contributed by atoms with Crippen molar-refractivity contribution in [1.82, 2.24) is 10.2 Å². The highest BCUT2D eigenvalue weighted by Crippen LogP contribution is 2.13. The number of nitrogens with zero attached hydrogens (tertiary/aromatic N) is 1. The standard InChI is InChI=1S/C12H24N2O2/c1-4-10(5-2)13-11-6-8-14(9-7-11)12(15)16-3/h10-11,13H,4-9H2,1-3H3. The molecular weight excluding hydrogens is 204 g/mol. The number of ether oxygens (including phenoxy) is 1. The monoisotopic (exact) mass is 228 g/mol. The maximum absolute atomic E-state index is 11.3. The zero-order valence-electron chi connectivity index (χ0n) is 10.7. The second kappa shape index (κ2) is 6.74. The quantitative estimate of drug-likeness (QED) is 0.800. The minimum Gasteiger partial charge on any atom is -0.453 e. The van der Waals surface area contributed by atoms with Gasteiger partial charge in [-0.3, -0.25) is 0 Å². The van der Waals surface area contributed by atoms with Crippen LogP contribution in [0.4, 0.5) is 4.79 Å². The van der Waals surface area contributed by atoms with Gasteiger partial charge >= 0.3 is 6.09 Å². The topological polar surface area (TPSA) is 41.6 Å². The zero-order chi connectivity index (χ0) is 12.0. The molecule has 4 nitrogen and oxygen atoms in total. The second-order valence-electron chi connectivity index (χ2n) is 4.41. The van der Waals surface area contributed by atoms with E-state index in [1.165, 1.54) is 20.0 Å². The van der Waals surface area contributed by atoms with E-state index in [2.05, 4.69) is 19.2 Å². The van der Waals surface area contributed by atoms with Gasteiger partial charge in [-0.25, -0.2) is 4.79 Å². The van der Waals surface area contributed by atoms with Crippen LogP contribution in [0.2, 0.25) is 0 Å². The molecule has 1 N–H and O–H groups in total. The van der Waals surface area contributed by atoms with Crippen LogP contribution in [0.1, 0.15) is 39.5 Å². The molecular formula is C12H24N2O2. The van der Waals surface area contributed by atoms with Gasteiger partial charge in [-0.2, -0.15) is 0 Å². The van der Waals surface area contributed by atoms with Gasteiger partial charge in [0.2, 0.25) is 0 Å². The molecule has 0 aromatic rings. The number of amides is 1. The highest BCUT2D eigenvalue weighted by atomic mass is 16.5. The summed E-state index contributed by atoms with van der Waals surface area (Å²) in [6.07, 6.45) is 4.22. The molecule has 1 rings (SSSR count). The Labute approximate surface area is 98.3 Å². The first kappa shape index (κ1) is 13.3. The Morgan fingerprint density at radius 3 is 2.38 bits per heavy atom. The van der Waals surface area contributed by atoms with Crippen molar-refractivity contribution < 1.29 is 9.53 Å². The Kier molecular flexibility index (Phi) is 5.60. The molecule has 1 aliphatic heterocycles. The highest BCUT2D eigenvalue weighted by Gasteiger charge is 2.23. The van der Waals surface area contributed by atoms with E-state index in [1.807, 2.05) is 0 Å². The highest BCUT2D eigenvalue weighted by molar-refractivity contribution is 5.67. The molecule has 94 valence electrons. The Morgan fingerprint density at radius 2 is 1.94 bits per heavy atom. The summed E-state index contributed by atoms with van der Waals surface area (Å²) in [5.41, 5.74) is 0. The summed E-state index contributed by atoms with van der Waals surface area (Å²) in [6, 6.07) is 1.18. The average Bonchev–Trinajstić information content (AvgIpc) is 2.35. The first-order chi connectivity index (χ1) is 7.71. The molecule has 1 aliphatic rings. The lowest BCUT2D eigenvalue weighted by atomic mass is 10.0. The first-order valence-electron chi connectivity index (χ1n) is 6.30. The van der Waals surface area contributed by atoms with Crippen LogP contribution in [0, 0.1) is 0 Å². The fraction of sp³-hybridized carbons (Fsp3) is 0.917. The predicted molar refractivity (Wildman–Crippen MR) is 64.5 cm³/mol. The van der Waals surface area contributed by atoms with Crippen molar-refractivity contribution in [3.63, 3.8) is 0 Å². The van der Waals surface area contributed by atoms with Crippen LogP contribution in [0.5, 0.6) is 0 Å². The van der Waals surface area contributed by atoms with Gasteiger partial charge in [-0.15, -0.1) is 0 Å².